The fraction of sp³-hybridized carbons (Fsp3) is 0.895. The standard InChI is InChI=1S/C19H33N2O7PS2/c1-25-10-16-15(28-29(24,30)26-2)9-13(27-16)8-7-12(22)5-3-4-6-17-18-14(11-31-17)20-19(23)21-18/h13-18H,3-11H2,1-2H3,(H,24,30)(H2,20,21,23)/t13-,14?,15-,16+,17?,18?,29?/m1/s1. The van der Waals surface area contributed by atoms with Crippen LogP contribution < -0.4 is 10.6 Å². The first-order chi connectivity index (χ1) is 14.8. The van der Waals surface area contributed by atoms with Gasteiger partial charge in [-0.1, -0.05) is 6.42 Å². The van der Waals surface area contributed by atoms with Gasteiger partial charge in [0.15, 0.2) is 0 Å². The van der Waals surface area contributed by atoms with Crippen LogP contribution >= 0.6 is 18.5 Å². The van der Waals surface area contributed by atoms with Crippen molar-refractivity contribution in [3.8, 4) is 0 Å². The van der Waals surface area contributed by atoms with Crippen molar-refractivity contribution in [1.82, 2.24) is 10.6 Å². The minimum absolute atomic E-state index is 0.0635. The average Bonchev–Trinajstić information content (AvgIpc) is 3.39. The molecule has 3 fully saturated rings. The molecule has 0 aliphatic carbocycles. The van der Waals surface area contributed by atoms with Gasteiger partial charge in [-0.3, -0.25) is 4.79 Å². The van der Waals surface area contributed by atoms with E-state index < -0.39 is 12.8 Å². The van der Waals surface area contributed by atoms with Gasteiger partial charge in [0.05, 0.1) is 30.9 Å². The van der Waals surface area contributed by atoms with Crippen LogP contribution in [-0.4, -0.2) is 78.9 Å². The predicted octanol–water partition coefficient (Wildman–Crippen LogP) is 2.11. The normalized spacial score (nSPS) is 34.2. The third-order valence-electron chi connectivity index (χ3n) is 5.98. The number of nitrogens with one attached hydrogen (secondary N) is 2. The minimum atomic E-state index is -3.28. The number of urea groups is 1. The second kappa shape index (κ2) is 11.7. The molecule has 7 atom stereocenters. The van der Waals surface area contributed by atoms with Gasteiger partial charge in [-0.25, -0.2) is 4.79 Å². The predicted molar refractivity (Wildman–Crippen MR) is 122 cm³/mol. The maximum Gasteiger partial charge on any atom is 0.324 e. The summed E-state index contributed by atoms with van der Waals surface area (Å²) in [5.74, 6) is 1.19. The lowest BCUT2D eigenvalue weighted by Crippen LogP contribution is -2.36. The molecule has 0 spiro atoms. The molecule has 3 N–H and O–H groups in total. The smallest absolute Gasteiger partial charge is 0.324 e. The Morgan fingerprint density at radius 3 is 2.84 bits per heavy atom. The van der Waals surface area contributed by atoms with E-state index in [1.807, 2.05) is 11.8 Å². The molecular formula is C19H33N2O7PS2. The van der Waals surface area contributed by atoms with Crippen molar-refractivity contribution >= 4 is 42.1 Å². The Morgan fingerprint density at radius 1 is 1.29 bits per heavy atom. The molecule has 3 saturated heterocycles. The zero-order valence-electron chi connectivity index (χ0n) is 18.0. The monoisotopic (exact) mass is 496 g/mol. The van der Waals surface area contributed by atoms with Crippen LogP contribution in [0.25, 0.3) is 0 Å². The summed E-state index contributed by atoms with van der Waals surface area (Å²) in [4.78, 5) is 33.7. The third-order valence-corrected chi connectivity index (χ3v) is 9.20. The van der Waals surface area contributed by atoms with Crippen molar-refractivity contribution in [2.45, 2.75) is 80.6 Å². The highest BCUT2D eigenvalue weighted by Crippen LogP contribution is 2.47. The molecule has 178 valence electrons. The summed E-state index contributed by atoms with van der Waals surface area (Å²) in [6.45, 7) is -2.96. The Labute approximate surface area is 192 Å². The first-order valence-electron chi connectivity index (χ1n) is 10.7. The highest BCUT2D eigenvalue weighted by Gasteiger charge is 2.42. The van der Waals surface area contributed by atoms with E-state index in [0.29, 0.717) is 37.5 Å². The lowest BCUT2D eigenvalue weighted by molar-refractivity contribution is -0.120. The van der Waals surface area contributed by atoms with E-state index in [2.05, 4.69) is 10.6 Å². The summed E-state index contributed by atoms with van der Waals surface area (Å²) in [5.41, 5.74) is 0. The lowest BCUT2D eigenvalue weighted by Gasteiger charge is -2.22. The summed E-state index contributed by atoms with van der Waals surface area (Å²) in [6, 6.07) is 0.399. The molecule has 12 heteroatoms. The summed E-state index contributed by atoms with van der Waals surface area (Å²) >= 11 is 6.84. The Hall–Kier alpha value is -0.260. The van der Waals surface area contributed by atoms with Gasteiger partial charge < -0.3 is 34.0 Å². The maximum absolute atomic E-state index is 12.3. The first-order valence-corrected chi connectivity index (χ1v) is 14.4. The molecule has 2 amide bonds. The summed E-state index contributed by atoms with van der Waals surface area (Å²) in [5, 5.41) is 6.38. The highest BCUT2D eigenvalue weighted by molar-refractivity contribution is 8.07. The van der Waals surface area contributed by atoms with Crippen molar-refractivity contribution in [3.05, 3.63) is 0 Å². The van der Waals surface area contributed by atoms with Gasteiger partial charge in [-0.05, 0) is 31.1 Å². The lowest BCUT2D eigenvalue weighted by atomic mass is 10.0. The molecule has 0 aromatic heterocycles. The fourth-order valence-electron chi connectivity index (χ4n) is 4.38. The molecule has 0 saturated carbocycles. The summed E-state index contributed by atoms with van der Waals surface area (Å²) in [7, 11) is 2.90. The van der Waals surface area contributed by atoms with Crippen LogP contribution in [0.3, 0.4) is 0 Å². The first kappa shape index (κ1) is 25.4. The molecule has 3 heterocycles. The Balaban J connectivity index is 1.32. The van der Waals surface area contributed by atoms with Gasteiger partial charge in [0.1, 0.15) is 11.9 Å². The average molecular weight is 497 g/mol. The van der Waals surface area contributed by atoms with Crippen LogP contribution in [-0.2, 0) is 35.1 Å². The van der Waals surface area contributed by atoms with E-state index in [-0.39, 0.29) is 36.1 Å². The van der Waals surface area contributed by atoms with E-state index in [9.17, 15) is 14.5 Å². The number of methoxy groups -OCH3 is 1. The number of ketones is 1. The van der Waals surface area contributed by atoms with Crippen LogP contribution in [0.5, 0.6) is 0 Å². The Kier molecular flexibility index (Phi) is 9.61. The number of carbonyl (C=O) groups is 2. The van der Waals surface area contributed by atoms with E-state index in [1.54, 1.807) is 7.11 Å². The van der Waals surface area contributed by atoms with Gasteiger partial charge >= 0.3 is 12.7 Å². The van der Waals surface area contributed by atoms with Crippen LogP contribution in [0.15, 0.2) is 0 Å². The molecule has 3 aliphatic rings. The zero-order chi connectivity index (χ0) is 22.4. The minimum Gasteiger partial charge on any atom is -0.382 e. The molecule has 3 aliphatic heterocycles. The van der Waals surface area contributed by atoms with Gasteiger partial charge in [0, 0.05) is 44.5 Å². The Bertz CT molecular complexity index is 686. The molecule has 0 aromatic carbocycles. The molecule has 0 bridgehead atoms. The van der Waals surface area contributed by atoms with E-state index >= 15 is 0 Å². The zero-order valence-corrected chi connectivity index (χ0v) is 20.5. The second-order valence-electron chi connectivity index (χ2n) is 8.23. The summed E-state index contributed by atoms with van der Waals surface area (Å²) in [6.07, 6.45) is 4.14. The van der Waals surface area contributed by atoms with Crippen molar-refractivity contribution < 1.29 is 33.0 Å². The van der Waals surface area contributed by atoms with Crippen LogP contribution in [0, 0.1) is 0 Å². The SMILES string of the molecule is COC[C@@H]1O[C@H](CCC(=O)CCCCC2SCC3NC(=O)NC32)C[C@H]1OP(O)(=S)OC. The van der Waals surface area contributed by atoms with Gasteiger partial charge in [-0.2, -0.15) is 11.8 Å². The highest BCUT2D eigenvalue weighted by atomic mass is 32.5. The number of hydrogen-bond acceptors (Lipinski definition) is 8. The van der Waals surface area contributed by atoms with Crippen LogP contribution in [0.4, 0.5) is 4.79 Å². The van der Waals surface area contributed by atoms with Crippen molar-refractivity contribution in [1.29, 1.82) is 0 Å². The van der Waals surface area contributed by atoms with Gasteiger partial charge in [0.2, 0.25) is 0 Å². The van der Waals surface area contributed by atoms with E-state index in [0.717, 1.165) is 25.0 Å². The van der Waals surface area contributed by atoms with Gasteiger partial charge in [-0.15, -0.1) is 0 Å². The maximum atomic E-state index is 12.3. The van der Waals surface area contributed by atoms with E-state index in [4.69, 9.17) is 30.3 Å². The quantitative estimate of drug-likeness (QED) is 0.200. The molecule has 4 unspecified atom stereocenters. The fourth-order valence-corrected chi connectivity index (χ4v) is 6.91. The number of unbranched alkanes of at least 4 members (excludes halogenated alkanes) is 1. The van der Waals surface area contributed by atoms with Crippen molar-refractivity contribution in [3.63, 3.8) is 0 Å². The number of amides is 2. The second-order valence-corrected chi connectivity index (χ2v) is 12.4. The largest absolute Gasteiger partial charge is 0.382 e. The number of rotatable bonds is 13. The van der Waals surface area contributed by atoms with Crippen molar-refractivity contribution in [2.24, 2.45) is 0 Å². The molecule has 0 aromatic rings. The van der Waals surface area contributed by atoms with Crippen LogP contribution in [0.2, 0.25) is 0 Å². The molecule has 9 nitrogen and oxygen atoms in total. The molecular weight excluding hydrogens is 463 g/mol. The molecule has 31 heavy (non-hydrogen) atoms. The Morgan fingerprint density at radius 2 is 2.10 bits per heavy atom. The third kappa shape index (κ3) is 7.37. The number of fused-ring (bicyclic) bond motifs is 1. The number of hydrogen-bond donors (Lipinski definition) is 3. The van der Waals surface area contributed by atoms with Gasteiger partial charge in [0.25, 0.3) is 0 Å². The summed E-state index contributed by atoms with van der Waals surface area (Å²) < 4.78 is 21.5. The number of carbonyl (C=O) groups excluding carboxylic acids is 2. The molecule has 3 rings (SSSR count). The number of Topliss-reactive ketones (excluding diaryl/α,β-unsaturated/α-hetero) is 1. The number of ether oxygens (including phenoxy) is 2. The van der Waals surface area contributed by atoms with Crippen LogP contribution in [0.1, 0.15) is 44.9 Å². The molecule has 0 radical (unpaired) electrons. The van der Waals surface area contributed by atoms with E-state index in [1.165, 1.54) is 7.11 Å². The number of thioether (sulfide) groups is 1. The van der Waals surface area contributed by atoms with Crippen molar-refractivity contribution in [2.75, 3.05) is 26.6 Å². The topological polar surface area (TPSA) is 115 Å².